The molecule has 4 heterocycles. The first kappa shape index (κ1) is 55.9. The lowest BCUT2D eigenvalue weighted by molar-refractivity contribution is -0.360. The molecule has 2 aliphatic heterocycles. The van der Waals surface area contributed by atoms with Crippen molar-refractivity contribution in [3.8, 4) is 0 Å². The van der Waals surface area contributed by atoms with E-state index in [1.807, 2.05) is 20.2 Å². The fourth-order valence-corrected chi connectivity index (χ4v) is 21.9. The van der Waals surface area contributed by atoms with Crippen LogP contribution in [0.3, 0.4) is 0 Å². The highest BCUT2D eigenvalue weighted by molar-refractivity contribution is 5.86. The van der Waals surface area contributed by atoms with Crippen LogP contribution in [0.15, 0.2) is 48.3 Å². The molecule has 2 aromatic heterocycles. The smallest absolute Gasteiger partial charge is 0.310 e. The molecule has 23 atom stereocenters. The minimum Gasteiger partial charge on any atom is -0.481 e. The summed E-state index contributed by atoms with van der Waals surface area (Å²) >= 11 is 0. The number of hydrogen-bond donors (Lipinski definition) is 13. The standard InChI is InChI=1S/C60H89N7O12/c1-53(27-68)16-17-58(52(76)77)21-33(19-34-24-63-29-65-34)59-14-8-32-20-36(42-44(67-51(75)57(42)11-6-7-12-57)35(39-25-64-30-66-39)18-31(23-62-5)49(61)74)43-46(72)48(79-50-47(73)45(71)40(70)26-78-50)54(2,28-69)41-10-13-55(59,3)60(32,56(41,43)4)15-9-37(59)38(58)22-53/h9,20,24-25,29-31,33,35-36,38,40-50,62,68-74H,6-8,10-19,21-23,26-28,61H2,1-5H3,(H,63,65)(H,64,66)(H,67,75)(H,76,77)/t31-,33+,35-,36+,38-,40+,41+,42+,43-,44-,45-,46+,47+,48+,49-,50-,53-,54-,55-,56+,58-,59+,60+/m0/s1. The van der Waals surface area contributed by atoms with E-state index in [2.05, 4.69) is 63.5 Å². The Morgan fingerprint density at radius 1 is 0.937 bits per heavy atom. The summed E-state index contributed by atoms with van der Waals surface area (Å²) in [5, 5.41) is 100. The second-order valence-corrected chi connectivity index (χ2v) is 28.1. The first-order valence-electron chi connectivity index (χ1n) is 29.8. The van der Waals surface area contributed by atoms with E-state index in [1.54, 1.807) is 18.9 Å². The highest BCUT2D eigenvalue weighted by Crippen LogP contribution is 2.88. The number of fused-ring (bicyclic) bond motifs is 2. The molecule has 10 aliphatic rings. The zero-order chi connectivity index (χ0) is 56.0. The average Bonchev–Trinajstić information content (AvgIpc) is 1.46. The Kier molecular flexibility index (Phi) is 13.8. The van der Waals surface area contributed by atoms with Crippen molar-refractivity contribution in [2.75, 3.05) is 33.4 Å². The molecule has 2 aromatic rings. The molecule has 19 nitrogen and oxygen atoms in total. The van der Waals surface area contributed by atoms with Crippen LogP contribution in [0.5, 0.6) is 0 Å². The second kappa shape index (κ2) is 19.5. The monoisotopic (exact) mass is 1100 g/mol. The van der Waals surface area contributed by atoms with Crippen molar-refractivity contribution in [3.63, 3.8) is 0 Å². The maximum atomic E-state index is 15.5. The van der Waals surface area contributed by atoms with E-state index in [0.29, 0.717) is 83.6 Å². The summed E-state index contributed by atoms with van der Waals surface area (Å²) in [6.45, 7) is 8.61. The number of carboxylic acids is 1. The minimum atomic E-state index is -1.67. The van der Waals surface area contributed by atoms with Gasteiger partial charge in [-0.15, -0.1) is 0 Å². The number of ether oxygens (including phenoxy) is 2. The molecule has 436 valence electrons. The van der Waals surface area contributed by atoms with Gasteiger partial charge in [0.25, 0.3) is 0 Å². The SMILES string of the molecule is CNC[C@H](C[C@@H](c1cnc[nH]1)[C@@H]1NC(=O)C2(CCCC2)[C@@H]1[C@H]1C=C2CC[C@@]34C(=CC[C@@]25[C@@]2(C)[C@@H]1[C@@H](O)[C@@H](O[C@@H]1OC[C@@H](O)[C@H](O)[C@H]1O)[C@@](C)(CO)[C@H]2CC[C@]53C)[C@@H]1C[C@@](C)(CO)CC[C@]1(C(=O)O)C[C@H]4Cc1cnc[nH]1)[C@@H](N)O. The van der Waals surface area contributed by atoms with Gasteiger partial charge in [0.2, 0.25) is 5.91 Å². The molecule has 2 saturated heterocycles. The first-order valence-corrected chi connectivity index (χ1v) is 29.8. The van der Waals surface area contributed by atoms with E-state index >= 15 is 4.79 Å². The summed E-state index contributed by atoms with van der Waals surface area (Å²) < 4.78 is 12.9. The normalized spacial score (nSPS) is 47.7. The van der Waals surface area contributed by atoms with Crippen molar-refractivity contribution in [2.45, 2.75) is 179 Å². The van der Waals surface area contributed by atoms with Crippen LogP contribution in [0.1, 0.15) is 135 Å². The Morgan fingerprint density at radius 2 is 1.68 bits per heavy atom. The first-order chi connectivity index (χ1) is 37.6. The number of allylic oxidation sites excluding steroid dienone is 4. The number of hydrogen-bond acceptors (Lipinski definition) is 15. The third-order valence-corrected chi connectivity index (χ3v) is 25.3. The van der Waals surface area contributed by atoms with Gasteiger partial charge in [-0.3, -0.25) is 9.59 Å². The van der Waals surface area contributed by atoms with Gasteiger partial charge in [0, 0.05) is 82.9 Å². The van der Waals surface area contributed by atoms with Crippen molar-refractivity contribution >= 4 is 11.9 Å². The summed E-state index contributed by atoms with van der Waals surface area (Å²) in [4.78, 5) is 45.5. The predicted molar refractivity (Wildman–Crippen MR) is 288 cm³/mol. The van der Waals surface area contributed by atoms with Crippen LogP contribution < -0.4 is 16.4 Å². The summed E-state index contributed by atoms with van der Waals surface area (Å²) in [7, 11) is 1.82. The van der Waals surface area contributed by atoms with Gasteiger partial charge < -0.3 is 76.7 Å². The number of nitrogens with one attached hydrogen (secondary N) is 4. The molecule has 0 radical (unpaired) electrons. The van der Waals surface area contributed by atoms with E-state index in [4.69, 9.17) is 15.2 Å². The quantitative estimate of drug-likeness (QED) is 0.0691. The lowest BCUT2D eigenvalue weighted by Crippen LogP contribution is -2.80. The molecule has 6 saturated carbocycles. The number of H-pyrrole nitrogens is 2. The molecule has 3 spiro atoms. The van der Waals surface area contributed by atoms with E-state index in [9.17, 15) is 45.6 Å². The van der Waals surface area contributed by atoms with Gasteiger partial charge in [0.1, 0.15) is 24.5 Å². The molecular weight excluding hydrogens is 1010 g/mol. The van der Waals surface area contributed by atoms with Gasteiger partial charge in [-0.1, -0.05) is 63.8 Å². The largest absolute Gasteiger partial charge is 0.481 e. The molecule has 2 bridgehead atoms. The van der Waals surface area contributed by atoms with Crippen LogP contribution in [-0.4, -0.2) is 155 Å². The number of amides is 1. The number of rotatable bonds is 15. The molecule has 12 rings (SSSR count). The fourth-order valence-electron chi connectivity index (χ4n) is 21.9. The zero-order valence-electron chi connectivity index (χ0n) is 46.8. The number of nitrogens with zero attached hydrogens (tertiary/aromatic N) is 2. The summed E-state index contributed by atoms with van der Waals surface area (Å²) in [6.07, 6.45) is 11.5. The van der Waals surface area contributed by atoms with E-state index < -0.39 is 135 Å². The van der Waals surface area contributed by atoms with Gasteiger partial charge in [-0.05, 0) is 130 Å². The molecule has 79 heavy (non-hydrogen) atoms. The van der Waals surface area contributed by atoms with Gasteiger partial charge >= 0.3 is 5.97 Å². The third kappa shape index (κ3) is 7.41. The van der Waals surface area contributed by atoms with Crippen LogP contribution in [0, 0.1) is 84.7 Å². The second-order valence-electron chi connectivity index (χ2n) is 28.1. The van der Waals surface area contributed by atoms with Crippen molar-refractivity contribution in [3.05, 3.63) is 59.7 Å². The van der Waals surface area contributed by atoms with Crippen LogP contribution in [0.4, 0.5) is 0 Å². The van der Waals surface area contributed by atoms with Crippen LogP contribution in [0.2, 0.25) is 0 Å². The number of aliphatic carboxylic acids is 1. The van der Waals surface area contributed by atoms with E-state index in [0.717, 1.165) is 30.7 Å². The highest BCUT2D eigenvalue weighted by Gasteiger charge is 2.84. The lowest BCUT2D eigenvalue weighted by Gasteiger charge is -2.83. The Balaban J connectivity index is 1.10. The molecule has 8 fully saturated rings. The number of aromatic nitrogens is 4. The maximum absolute atomic E-state index is 15.5. The van der Waals surface area contributed by atoms with Gasteiger partial charge in [-0.2, -0.15) is 0 Å². The number of carbonyl (C=O) groups is 2. The number of carboxylic acid groups (broad SMARTS) is 1. The molecule has 19 heteroatoms. The number of aliphatic hydroxyl groups is 7. The van der Waals surface area contributed by atoms with Crippen LogP contribution in [-0.2, 0) is 25.5 Å². The van der Waals surface area contributed by atoms with Crippen LogP contribution >= 0.6 is 0 Å². The highest BCUT2D eigenvalue weighted by atomic mass is 16.7. The zero-order valence-corrected chi connectivity index (χ0v) is 46.8. The number of nitrogens with two attached hydrogens (primary N) is 1. The third-order valence-electron chi connectivity index (χ3n) is 25.3. The number of aromatic amines is 2. The van der Waals surface area contributed by atoms with Crippen molar-refractivity contribution in [1.29, 1.82) is 0 Å². The fraction of sp³-hybridized carbons (Fsp3) is 0.800. The number of imidazole rings is 2. The lowest BCUT2D eigenvalue weighted by atomic mass is 9.20. The van der Waals surface area contributed by atoms with E-state index in [1.165, 1.54) is 11.1 Å². The van der Waals surface area contributed by atoms with Crippen molar-refractivity contribution in [1.82, 2.24) is 30.6 Å². The Bertz CT molecular complexity index is 2680. The predicted octanol–water partition coefficient (Wildman–Crippen LogP) is 3.42. The van der Waals surface area contributed by atoms with Crippen molar-refractivity contribution < 1.29 is 59.9 Å². The number of aliphatic hydroxyl groups excluding tert-OH is 7. The van der Waals surface area contributed by atoms with Gasteiger partial charge in [0.15, 0.2) is 6.29 Å². The van der Waals surface area contributed by atoms with Gasteiger partial charge in [-0.25, -0.2) is 9.97 Å². The minimum absolute atomic E-state index is 0.0256. The maximum Gasteiger partial charge on any atom is 0.310 e. The Hall–Kier alpha value is -3.60. The summed E-state index contributed by atoms with van der Waals surface area (Å²) in [6, 6.07) is -0.517. The van der Waals surface area contributed by atoms with Crippen LogP contribution in [0.25, 0.3) is 0 Å². The van der Waals surface area contributed by atoms with Crippen molar-refractivity contribution in [2.24, 2.45) is 90.5 Å². The summed E-state index contributed by atoms with van der Waals surface area (Å²) in [5.41, 5.74) is 4.45. The topological polar surface area (TPSA) is 322 Å². The summed E-state index contributed by atoms with van der Waals surface area (Å²) in [5.74, 6) is -3.95. The molecule has 0 aromatic carbocycles. The van der Waals surface area contributed by atoms with Gasteiger partial charge in [0.05, 0.1) is 48.9 Å². The molecule has 8 aliphatic carbocycles. The average molecular weight is 1100 g/mol. The molecule has 14 N–H and O–H groups in total. The molecular formula is C60H89N7O12. The number of carbonyl (C=O) groups excluding carboxylic acids is 1. The van der Waals surface area contributed by atoms with E-state index in [-0.39, 0.29) is 36.9 Å². The molecule has 1 amide bonds. The Morgan fingerprint density at radius 3 is 2.34 bits per heavy atom. The molecule has 0 unspecified atom stereocenters. The Labute approximate surface area is 463 Å².